The first kappa shape index (κ1) is 16.6. The molecule has 2 saturated heterocycles. The first-order valence-corrected chi connectivity index (χ1v) is 9.34. The molecule has 23 heavy (non-hydrogen) atoms. The first-order chi connectivity index (χ1) is 11.3. The summed E-state index contributed by atoms with van der Waals surface area (Å²) >= 11 is 2.01. The topological polar surface area (TPSA) is 54.7 Å². The third-order valence-corrected chi connectivity index (χ3v) is 5.62. The molecule has 2 aliphatic heterocycles. The summed E-state index contributed by atoms with van der Waals surface area (Å²) in [6.45, 7) is 4.21. The van der Waals surface area contributed by atoms with Gasteiger partial charge in [0.15, 0.2) is 0 Å². The molecule has 3 heterocycles. The Bertz CT molecular complexity index is 518. The normalized spacial score (nSPS) is 22.3. The highest BCUT2D eigenvalue weighted by molar-refractivity contribution is 7.99. The molecule has 6 heteroatoms. The lowest BCUT2D eigenvalue weighted by Crippen LogP contribution is -2.60. The summed E-state index contributed by atoms with van der Waals surface area (Å²) in [5.41, 5.74) is 0.0865. The summed E-state index contributed by atoms with van der Waals surface area (Å²) in [6.07, 6.45) is 7.10. The lowest BCUT2D eigenvalue weighted by molar-refractivity contribution is -0.117. The van der Waals surface area contributed by atoms with Gasteiger partial charge in [0.1, 0.15) is 5.76 Å². The van der Waals surface area contributed by atoms with Gasteiger partial charge in [0.2, 0.25) is 5.91 Å². The SMILES string of the molecule is O=C(/C=C/c1ccco1)NCC1(N2CCOCC2)CCSCC1. The van der Waals surface area contributed by atoms with Gasteiger partial charge in [-0.1, -0.05) is 0 Å². The smallest absolute Gasteiger partial charge is 0.244 e. The van der Waals surface area contributed by atoms with E-state index in [0.717, 1.165) is 50.7 Å². The lowest BCUT2D eigenvalue weighted by atomic mass is 9.89. The van der Waals surface area contributed by atoms with Crippen LogP contribution in [0.4, 0.5) is 0 Å². The average Bonchev–Trinajstić information content (AvgIpc) is 3.13. The maximum absolute atomic E-state index is 12.1. The quantitative estimate of drug-likeness (QED) is 0.834. The van der Waals surface area contributed by atoms with Crippen molar-refractivity contribution in [2.75, 3.05) is 44.4 Å². The highest BCUT2D eigenvalue weighted by Gasteiger charge is 2.38. The number of nitrogens with one attached hydrogen (secondary N) is 1. The van der Waals surface area contributed by atoms with Gasteiger partial charge in [-0.2, -0.15) is 11.8 Å². The molecule has 1 amide bonds. The number of ether oxygens (including phenoxy) is 1. The second-order valence-electron chi connectivity index (χ2n) is 6.00. The van der Waals surface area contributed by atoms with Crippen LogP contribution >= 0.6 is 11.8 Å². The van der Waals surface area contributed by atoms with E-state index < -0.39 is 0 Å². The van der Waals surface area contributed by atoms with E-state index in [2.05, 4.69) is 10.2 Å². The lowest BCUT2D eigenvalue weighted by Gasteiger charge is -2.47. The highest BCUT2D eigenvalue weighted by Crippen LogP contribution is 2.32. The van der Waals surface area contributed by atoms with Gasteiger partial charge in [-0.25, -0.2) is 0 Å². The van der Waals surface area contributed by atoms with Crippen molar-refractivity contribution in [3.8, 4) is 0 Å². The summed E-state index contributed by atoms with van der Waals surface area (Å²) in [4.78, 5) is 14.6. The van der Waals surface area contributed by atoms with Crippen LogP contribution in [0.15, 0.2) is 28.9 Å². The van der Waals surface area contributed by atoms with Crippen molar-refractivity contribution in [2.24, 2.45) is 0 Å². The van der Waals surface area contributed by atoms with Crippen molar-refractivity contribution in [2.45, 2.75) is 18.4 Å². The van der Waals surface area contributed by atoms with Crippen molar-refractivity contribution < 1.29 is 13.9 Å². The molecule has 0 atom stereocenters. The third-order valence-electron chi connectivity index (χ3n) is 4.64. The van der Waals surface area contributed by atoms with Crippen molar-refractivity contribution in [1.82, 2.24) is 10.2 Å². The number of carbonyl (C=O) groups is 1. The van der Waals surface area contributed by atoms with E-state index in [4.69, 9.17) is 9.15 Å². The van der Waals surface area contributed by atoms with Crippen molar-refractivity contribution >= 4 is 23.7 Å². The zero-order chi connectivity index (χ0) is 16.0. The van der Waals surface area contributed by atoms with Gasteiger partial charge in [0.25, 0.3) is 0 Å². The number of morpholine rings is 1. The molecular weight excluding hydrogens is 312 g/mol. The van der Waals surface area contributed by atoms with Crippen LogP contribution in [0.1, 0.15) is 18.6 Å². The third kappa shape index (κ3) is 4.40. The Morgan fingerprint density at radius 2 is 2.13 bits per heavy atom. The Balaban J connectivity index is 1.58. The zero-order valence-electron chi connectivity index (χ0n) is 13.3. The molecule has 1 aromatic heterocycles. The molecule has 2 fully saturated rings. The molecule has 2 aliphatic rings. The van der Waals surface area contributed by atoms with E-state index in [9.17, 15) is 4.79 Å². The molecule has 0 aliphatic carbocycles. The van der Waals surface area contributed by atoms with Crippen molar-refractivity contribution in [3.63, 3.8) is 0 Å². The standard InChI is InChI=1S/C17H24N2O3S/c20-16(4-3-15-2-1-9-22-15)18-14-17(5-12-23-13-6-17)19-7-10-21-11-8-19/h1-4,9H,5-8,10-14H2,(H,18,20)/b4-3+. The Morgan fingerprint density at radius 3 is 2.83 bits per heavy atom. The zero-order valence-corrected chi connectivity index (χ0v) is 14.1. The predicted octanol–water partition coefficient (Wildman–Crippen LogP) is 2.01. The minimum Gasteiger partial charge on any atom is -0.465 e. The molecule has 0 spiro atoms. The van der Waals surface area contributed by atoms with Crippen LogP contribution in [0.25, 0.3) is 6.08 Å². The number of hydrogen-bond donors (Lipinski definition) is 1. The van der Waals surface area contributed by atoms with Crippen LogP contribution in [0.5, 0.6) is 0 Å². The molecule has 0 aromatic carbocycles. The largest absolute Gasteiger partial charge is 0.465 e. The molecule has 0 bridgehead atoms. The van der Waals surface area contributed by atoms with Crippen LogP contribution in [-0.2, 0) is 9.53 Å². The maximum Gasteiger partial charge on any atom is 0.244 e. The number of rotatable bonds is 5. The molecule has 126 valence electrons. The van der Waals surface area contributed by atoms with E-state index in [1.807, 2.05) is 23.9 Å². The Hall–Kier alpha value is -1.24. The Morgan fingerprint density at radius 1 is 1.35 bits per heavy atom. The minimum atomic E-state index is -0.0627. The summed E-state index contributed by atoms with van der Waals surface area (Å²) in [7, 11) is 0. The van der Waals surface area contributed by atoms with Gasteiger partial charge >= 0.3 is 0 Å². The summed E-state index contributed by atoms with van der Waals surface area (Å²) in [5.74, 6) is 2.95. The maximum atomic E-state index is 12.1. The molecule has 0 radical (unpaired) electrons. The number of nitrogens with zero attached hydrogens (tertiary/aromatic N) is 1. The van der Waals surface area contributed by atoms with E-state index in [1.54, 1.807) is 18.4 Å². The number of furan rings is 1. The minimum absolute atomic E-state index is 0.0627. The molecule has 3 rings (SSSR count). The fourth-order valence-corrected chi connectivity index (χ4v) is 4.50. The highest BCUT2D eigenvalue weighted by atomic mass is 32.2. The Labute approximate surface area is 141 Å². The van der Waals surface area contributed by atoms with Crippen molar-refractivity contribution in [1.29, 1.82) is 0 Å². The number of amides is 1. The fraction of sp³-hybridized carbons (Fsp3) is 0.588. The van der Waals surface area contributed by atoms with Crippen LogP contribution in [0, 0.1) is 0 Å². The average molecular weight is 336 g/mol. The summed E-state index contributed by atoms with van der Waals surface area (Å²) in [5, 5.41) is 3.09. The number of thioether (sulfide) groups is 1. The molecule has 1 aromatic rings. The van der Waals surface area contributed by atoms with E-state index in [1.165, 1.54) is 0 Å². The first-order valence-electron chi connectivity index (χ1n) is 8.18. The van der Waals surface area contributed by atoms with Crippen LogP contribution in [0.2, 0.25) is 0 Å². The van der Waals surface area contributed by atoms with Gasteiger partial charge in [0, 0.05) is 31.2 Å². The van der Waals surface area contributed by atoms with E-state index >= 15 is 0 Å². The van der Waals surface area contributed by atoms with Gasteiger partial charge in [-0.15, -0.1) is 0 Å². The summed E-state index contributed by atoms with van der Waals surface area (Å²) < 4.78 is 10.7. The fourth-order valence-electron chi connectivity index (χ4n) is 3.25. The van der Waals surface area contributed by atoms with Crippen LogP contribution < -0.4 is 5.32 Å². The molecule has 1 N–H and O–H groups in total. The predicted molar refractivity (Wildman–Crippen MR) is 92.4 cm³/mol. The van der Waals surface area contributed by atoms with Crippen molar-refractivity contribution in [3.05, 3.63) is 30.2 Å². The Kier molecular flexibility index (Phi) is 5.80. The van der Waals surface area contributed by atoms with Crippen LogP contribution in [0.3, 0.4) is 0 Å². The summed E-state index contributed by atoms with van der Waals surface area (Å²) in [6, 6.07) is 3.64. The van der Waals surface area contributed by atoms with Gasteiger partial charge < -0.3 is 14.5 Å². The van der Waals surface area contributed by atoms with E-state index in [0.29, 0.717) is 12.3 Å². The van der Waals surface area contributed by atoms with Gasteiger partial charge in [-0.3, -0.25) is 9.69 Å². The molecule has 0 unspecified atom stereocenters. The molecular formula is C17H24N2O3S. The van der Waals surface area contributed by atoms with Crippen LogP contribution in [-0.4, -0.2) is 60.7 Å². The second-order valence-corrected chi connectivity index (χ2v) is 7.23. The second kappa shape index (κ2) is 8.04. The monoisotopic (exact) mass is 336 g/mol. The molecule has 5 nitrogen and oxygen atoms in total. The number of carbonyl (C=O) groups excluding carboxylic acids is 1. The van der Waals surface area contributed by atoms with Gasteiger partial charge in [-0.05, 0) is 42.6 Å². The molecule has 0 saturated carbocycles. The number of hydrogen-bond acceptors (Lipinski definition) is 5. The van der Waals surface area contributed by atoms with E-state index in [-0.39, 0.29) is 11.4 Å². The van der Waals surface area contributed by atoms with Gasteiger partial charge in [0.05, 0.1) is 19.5 Å².